The van der Waals surface area contributed by atoms with Gasteiger partial charge in [0.05, 0.1) is 11.2 Å². The van der Waals surface area contributed by atoms with Crippen LogP contribution < -0.4 is 10.6 Å². The zero-order valence-corrected chi connectivity index (χ0v) is 16.7. The highest BCUT2D eigenvalue weighted by Crippen LogP contribution is 2.32. The van der Waals surface area contributed by atoms with E-state index in [1.165, 1.54) is 19.1 Å². The number of nitrogens with zero attached hydrogens (tertiary/aromatic N) is 1. The van der Waals surface area contributed by atoms with Gasteiger partial charge in [0.1, 0.15) is 0 Å². The molecule has 2 aromatic carbocycles. The van der Waals surface area contributed by atoms with Crippen molar-refractivity contribution < 1.29 is 23.1 Å². The van der Waals surface area contributed by atoms with Crippen LogP contribution in [0.1, 0.15) is 30.9 Å². The summed E-state index contributed by atoms with van der Waals surface area (Å²) in [5.74, 6) is 0. The summed E-state index contributed by atoms with van der Waals surface area (Å²) in [4.78, 5) is 14.1. The fraction of sp³-hybridized carbons (Fsp3) is 0.409. The van der Waals surface area contributed by atoms with Gasteiger partial charge in [-0.2, -0.15) is 13.2 Å². The van der Waals surface area contributed by atoms with Gasteiger partial charge in [-0.1, -0.05) is 30.3 Å². The first-order valence-electron chi connectivity index (χ1n) is 9.88. The maximum atomic E-state index is 13.0. The van der Waals surface area contributed by atoms with Crippen LogP contribution in [0.2, 0.25) is 0 Å². The van der Waals surface area contributed by atoms with Gasteiger partial charge < -0.3 is 15.7 Å². The summed E-state index contributed by atoms with van der Waals surface area (Å²) in [6.45, 7) is 3.01. The van der Waals surface area contributed by atoms with E-state index in [0.717, 1.165) is 12.1 Å². The van der Waals surface area contributed by atoms with Crippen LogP contribution >= 0.6 is 0 Å². The molecule has 1 aliphatic rings. The number of para-hydroxylation sites is 1. The number of hydrogen-bond acceptors (Lipinski definition) is 3. The summed E-state index contributed by atoms with van der Waals surface area (Å²) < 4.78 is 38.9. The molecule has 3 rings (SSSR count). The van der Waals surface area contributed by atoms with Crippen LogP contribution in [0.4, 0.5) is 23.7 Å². The number of hydrogen-bond donors (Lipinski definition) is 3. The van der Waals surface area contributed by atoms with Crippen LogP contribution in [0.25, 0.3) is 0 Å². The quantitative estimate of drug-likeness (QED) is 0.678. The first kappa shape index (κ1) is 22.1. The van der Waals surface area contributed by atoms with Gasteiger partial charge in [0, 0.05) is 31.4 Å². The number of likely N-dealkylation sites (tertiary alicyclic amines) is 1. The largest absolute Gasteiger partial charge is 0.416 e. The first-order valence-corrected chi connectivity index (χ1v) is 9.88. The smallest absolute Gasteiger partial charge is 0.384 e. The Morgan fingerprint density at radius 1 is 1.07 bits per heavy atom. The molecule has 2 aromatic rings. The van der Waals surface area contributed by atoms with Crippen LogP contribution in [-0.2, 0) is 11.8 Å². The Bertz CT molecular complexity index is 848. The van der Waals surface area contributed by atoms with Crippen molar-refractivity contribution in [1.29, 1.82) is 0 Å². The normalized spacial score (nSPS) is 17.9. The van der Waals surface area contributed by atoms with Gasteiger partial charge in [-0.05, 0) is 49.6 Å². The number of β-amino-alcohol motifs (C(OH)–C–C–N with tert-alkyl or cyclic N) is 1. The van der Waals surface area contributed by atoms with Gasteiger partial charge >= 0.3 is 12.2 Å². The topological polar surface area (TPSA) is 64.6 Å². The summed E-state index contributed by atoms with van der Waals surface area (Å²) in [6.07, 6.45) is -3.06. The zero-order chi connectivity index (χ0) is 21.8. The molecule has 8 heteroatoms. The van der Waals surface area contributed by atoms with E-state index in [9.17, 15) is 23.1 Å². The Balaban J connectivity index is 1.51. The number of urea groups is 1. The number of alkyl halides is 3. The molecule has 3 N–H and O–H groups in total. The summed E-state index contributed by atoms with van der Waals surface area (Å²) in [6, 6.07) is 13.7. The fourth-order valence-corrected chi connectivity index (χ4v) is 3.67. The number of halogens is 3. The molecule has 1 aliphatic heterocycles. The van der Waals surface area contributed by atoms with Gasteiger partial charge in [-0.15, -0.1) is 0 Å². The molecule has 0 aromatic heterocycles. The van der Waals surface area contributed by atoms with Crippen molar-refractivity contribution in [2.75, 3.05) is 25.0 Å². The molecule has 162 valence electrons. The highest BCUT2D eigenvalue weighted by atomic mass is 19.4. The van der Waals surface area contributed by atoms with Crippen molar-refractivity contribution >= 4 is 11.7 Å². The van der Waals surface area contributed by atoms with E-state index in [-0.39, 0.29) is 24.2 Å². The Morgan fingerprint density at radius 2 is 1.70 bits per heavy atom. The van der Waals surface area contributed by atoms with E-state index in [0.29, 0.717) is 31.6 Å². The van der Waals surface area contributed by atoms with E-state index in [4.69, 9.17) is 0 Å². The summed E-state index contributed by atoms with van der Waals surface area (Å²) in [5, 5.41) is 16.5. The highest BCUT2D eigenvalue weighted by molar-refractivity contribution is 5.89. The van der Waals surface area contributed by atoms with Crippen LogP contribution in [-0.4, -0.2) is 41.7 Å². The lowest BCUT2D eigenvalue weighted by atomic mass is 9.92. The summed E-state index contributed by atoms with van der Waals surface area (Å²) in [5.41, 5.74) is -1.23. The molecule has 1 saturated heterocycles. The number of rotatable bonds is 5. The van der Waals surface area contributed by atoms with E-state index < -0.39 is 17.3 Å². The Kier molecular flexibility index (Phi) is 6.67. The maximum absolute atomic E-state index is 13.0. The van der Waals surface area contributed by atoms with Crippen molar-refractivity contribution in [2.24, 2.45) is 0 Å². The van der Waals surface area contributed by atoms with Gasteiger partial charge in [0.15, 0.2) is 0 Å². The number of piperidine rings is 1. The van der Waals surface area contributed by atoms with Gasteiger partial charge in [-0.3, -0.25) is 4.90 Å². The standard InChI is InChI=1S/C22H26F3N3O2/c1-21(30,16-6-5-7-17(14-16)22(23,24)25)15-28-12-10-19(11-13-28)27-20(29)26-18-8-3-2-4-9-18/h2-9,14,19,30H,10-13,15H2,1H3,(H2,26,27,29). The predicted molar refractivity (Wildman–Crippen MR) is 109 cm³/mol. The van der Waals surface area contributed by atoms with Crippen LogP contribution in [0, 0.1) is 0 Å². The highest BCUT2D eigenvalue weighted by Gasteiger charge is 2.34. The van der Waals surface area contributed by atoms with E-state index >= 15 is 0 Å². The Morgan fingerprint density at radius 3 is 2.33 bits per heavy atom. The van der Waals surface area contributed by atoms with Crippen molar-refractivity contribution in [2.45, 2.75) is 37.6 Å². The van der Waals surface area contributed by atoms with Crippen LogP contribution in [0.15, 0.2) is 54.6 Å². The van der Waals surface area contributed by atoms with E-state index in [2.05, 4.69) is 10.6 Å². The third kappa shape index (κ3) is 5.96. The first-order chi connectivity index (χ1) is 14.1. The number of carbonyl (C=O) groups excluding carboxylic acids is 1. The number of aliphatic hydroxyl groups is 1. The van der Waals surface area contributed by atoms with Crippen LogP contribution in [0.3, 0.4) is 0 Å². The average Bonchev–Trinajstić information content (AvgIpc) is 2.69. The number of anilines is 1. The fourth-order valence-electron chi connectivity index (χ4n) is 3.67. The molecule has 5 nitrogen and oxygen atoms in total. The van der Waals surface area contributed by atoms with Gasteiger partial charge in [0.25, 0.3) is 0 Å². The van der Waals surface area contributed by atoms with E-state index in [1.807, 2.05) is 23.1 Å². The zero-order valence-electron chi connectivity index (χ0n) is 16.7. The third-order valence-corrected chi connectivity index (χ3v) is 5.30. The lowest BCUT2D eigenvalue weighted by molar-refractivity contribution is -0.137. The second-order valence-electron chi connectivity index (χ2n) is 7.87. The maximum Gasteiger partial charge on any atom is 0.416 e. The van der Waals surface area contributed by atoms with E-state index in [1.54, 1.807) is 12.1 Å². The molecular weight excluding hydrogens is 395 g/mol. The third-order valence-electron chi connectivity index (χ3n) is 5.30. The lowest BCUT2D eigenvalue weighted by Crippen LogP contribution is -2.49. The number of carbonyl (C=O) groups is 1. The Hall–Kier alpha value is -2.58. The number of nitrogens with one attached hydrogen (secondary N) is 2. The summed E-state index contributed by atoms with van der Waals surface area (Å²) >= 11 is 0. The molecule has 0 spiro atoms. The molecule has 30 heavy (non-hydrogen) atoms. The SMILES string of the molecule is CC(O)(CN1CCC(NC(=O)Nc2ccccc2)CC1)c1cccc(C(F)(F)F)c1. The number of amides is 2. The lowest BCUT2D eigenvalue weighted by Gasteiger charge is -2.37. The van der Waals surface area contributed by atoms with Crippen molar-refractivity contribution in [3.05, 3.63) is 65.7 Å². The molecule has 1 unspecified atom stereocenters. The van der Waals surface area contributed by atoms with Crippen LogP contribution in [0.5, 0.6) is 0 Å². The van der Waals surface area contributed by atoms with Gasteiger partial charge in [-0.25, -0.2) is 4.79 Å². The van der Waals surface area contributed by atoms with Crippen molar-refractivity contribution in [3.8, 4) is 0 Å². The van der Waals surface area contributed by atoms with Crippen molar-refractivity contribution in [3.63, 3.8) is 0 Å². The van der Waals surface area contributed by atoms with Crippen molar-refractivity contribution in [1.82, 2.24) is 10.2 Å². The average molecular weight is 421 g/mol. The second-order valence-corrected chi connectivity index (χ2v) is 7.87. The molecule has 1 heterocycles. The molecule has 0 radical (unpaired) electrons. The molecule has 1 atom stereocenters. The second kappa shape index (κ2) is 9.06. The van der Waals surface area contributed by atoms with Gasteiger partial charge in [0.2, 0.25) is 0 Å². The molecule has 0 saturated carbocycles. The molecule has 0 bridgehead atoms. The molecule has 1 fully saturated rings. The minimum Gasteiger partial charge on any atom is -0.384 e. The predicted octanol–water partition coefficient (Wildman–Crippen LogP) is 4.20. The molecule has 2 amide bonds. The monoisotopic (exact) mass is 421 g/mol. The minimum absolute atomic E-state index is 0.00321. The molecular formula is C22H26F3N3O2. The minimum atomic E-state index is -4.45. The molecule has 0 aliphatic carbocycles. The number of benzene rings is 2. The summed E-state index contributed by atoms with van der Waals surface area (Å²) in [7, 11) is 0. The Labute approximate surface area is 173 Å².